The van der Waals surface area contributed by atoms with Crippen molar-refractivity contribution in [1.82, 2.24) is 4.31 Å². The van der Waals surface area contributed by atoms with Gasteiger partial charge in [-0.3, -0.25) is 0 Å². The summed E-state index contributed by atoms with van der Waals surface area (Å²) in [5.41, 5.74) is 0.0753. The highest BCUT2D eigenvalue weighted by molar-refractivity contribution is 7.88. The van der Waals surface area contributed by atoms with Gasteiger partial charge in [-0.05, 0) is 61.6 Å². The van der Waals surface area contributed by atoms with Crippen molar-refractivity contribution in [3.05, 3.63) is 65.5 Å². The number of unbranched alkanes of at least 4 members (excludes halogenated alkanes) is 4. The molecule has 0 aliphatic heterocycles. The first-order valence-electron chi connectivity index (χ1n) is 12.3. The number of halogens is 1. The van der Waals surface area contributed by atoms with Gasteiger partial charge >= 0.3 is 5.97 Å². The number of hydrogen-bond acceptors (Lipinski definition) is 4. The smallest absolute Gasteiger partial charge is 0.347 e. The van der Waals surface area contributed by atoms with Gasteiger partial charge < -0.3 is 9.84 Å². The van der Waals surface area contributed by atoms with E-state index in [2.05, 4.69) is 6.92 Å². The highest BCUT2D eigenvalue weighted by Crippen LogP contribution is 2.23. The Morgan fingerprint density at radius 3 is 2.31 bits per heavy atom. The Hall–Kier alpha value is -2.45. The van der Waals surface area contributed by atoms with E-state index in [-0.39, 0.29) is 5.75 Å². The molecule has 0 unspecified atom stereocenters. The van der Waals surface area contributed by atoms with E-state index in [1.807, 2.05) is 6.07 Å². The summed E-state index contributed by atoms with van der Waals surface area (Å²) in [5.74, 6) is -1.18. The fourth-order valence-corrected chi connectivity index (χ4v) is 5.28. The monoisotopic (exact) mass is 507 g/mol. The predicted octanol–water partition coefficient (Wildman–Crippen LogP) is 5.80. The molecule has 0 fully saturated rings. The summed E-state index contributed by atoms with van der Waals surface area (Å²) in [6, 6.07) is 12.7. The number of sulfonamides is 1. The van der Waals surface area contributed by atoms with Gasteiger partial charge in [0.05, 0.1) is 5.75 Å². The maximum atomic E-state index is 13.3. The van der Waals surface area contributed by atoms with Crippen molar-refractivity contribution in [2.24, 2.45) is 0 Å². The number of rotatable bonds is 16. The zero-order valence-electron chi connectivity index (χ0n) is 21.0. The minimum atomic E-state index is -3.60. The highest BCUT2D eigenvalue weighted by Gasteiger charge is 2.33. The van der Waals surface area contributed by atoms with Gasteiger partial charge in [-0.15, -0.1) is 0 Å². The van der Waals surface area contributed by atoms with Crippen LogP contribution in [0.25, 0.3) is 0 Å². The predicted molar refractivity (Wildman–Crippen MR) is 136 cm³/mol. The Morgan fingerprint density at radius 1 is 1.00 bits per heavy atom. The van der Waals surface area contributed by atoms with E-state index in [0.29, 0.717) is 37.2 Å². The van der Waals surface area contributed by atoms with Gasteiger partial charge in [0.1, 0.15) is 11.6 Å². The summed E-state index contributed by atoms with van der Waals surface area (Å²) in [7, 11) is -3.60. The SMILES string of the molecule is CCCCCCCN(CCc1cccc(O[C@](C)(CC)C(=O)O)c1)S(=O)(=O)Cc1ccc(F)cc1. The van der Waals surface area contributed by atoms with Crippen molar-refractivity contribution in [2.45, 2.75) is 77.1 Å². The lowest BCUT2D eigenvalue weighted by atomic mass is 10.0. The Labute approximate surface area is 209 Å². The van der Waals surface area contributed by atoms with Gasteiger partial charge in [0.15, 0.2) is 0 Å². The van der Waals surface area contributed by atoms with E-state index < -0.39 is 27.4 Å². The van der Waals surface area contributed by atoms with Crippen molar-refractivity contribution < 1.29 is 27.4 Å². The van der Waals surface area contributed by atoms with Gasteiger partial charge in [-0.1, -0.05) is 63.8 Å². The van der Waals surface area contributed by atoms with Gasteiger partial charge in [0, 0.05) is 13.1 Å². The van der Waals surface area contributed by atoms with E-state index in [1.165, 1.54) is 35.5 Å². The quantitative estimate of drug-likeness (QED) is 0.290. The number of ether oxygens (including phenoxy) is 1. The third kappa shape index (κ3) is 9.26. The molecule has 0 amide bonds. The van der Waals surface area contributed by atoms with E-state index >= 15 is 0 Å². The fourth-order valence-electron chi connectivity index (χ4n) is 3.71. The van der Waals surface area contributed by atoms with Crippen LogP contribution in [0.5, 0.6) is 5.75 Å². The summed E-state index contributed by atoms with van der Waals surface area (Å²) in [5, 5.41) is 9.48. The van der Waals surface area contributed by atoms with Crippen molar-refractivity contribution in [1.29, 1.82) is 0 Å². The third-order valence-corrected chi connectivity index (χ3v) is 8.04. The van der Waals surface area contributed by atoms with Gasteiger partial charge in [-0.25, -0.2) is 21.9 Å². The lowest BCUT2D eigenvalue weighted by Crippen LogP contribution is -2.40. The largest absolute Gasteiger partial charge is 0.478 e. The number of carboxylic acids is 1. The summed E-state index contributed by atoms with van der Waals surface area (Å²) in [6.45, 7) is 6.14. The molecule has 2 aromatic carbocycles. The Balaban J connectivity index is 2.12. The molecule has 0 aliphatic rings. The number of hydrogen-bond donors (Lipinski definition) is 1. The van der Waals surface area contributed by atoms with Crippen LogP contribution in [-0.2, 0) is 27.0 Å². The zero-order chi connectivity index (χ0) is 25.9. The zero-order valence-corrected chi connectivity index (χ0v) is 21.8. The molecule has 0 spiro atoms. The Bertz CT molecular complexity index is 1040. The highest BCUT2D eigenvalue weighted by atomic mass is 32.2. The van der Waals surface area contributed by atoms with Crippen LogP contribution in [-0.4, -0.2) is 42.5 Å². The molecule has 1 N–H and O–H groups in total. The van der Waals surface area contributed by atoms with E-state index in [4.69, 9.17) is 4.74 Å². The number of benzene rings is 2. The molecule has 0 saturated carbocycles. The molecule has 0 aliphatic carbocycles. The first-order chi connectivity index (χ1) is 16.6. The molecule has 194 valence electrons. The van der Waals surface area contributed by atoms with Crippen LogP contribution in [0.15, 0.2) is 48.5 Å². The molecule has 0 heterocycles. The topological polar surface area (TPSA) is 83.9 Å². The van der Waals surface area contributed by atoms with Crippen molar-refractivity contribution in [3.63, 3.8) is 0 Å². The number of nitrogens with zero attached hydrogens (tertiary/aromatic N) is 1. The normalized spacial score (nSPS) is 13.5. The minimum absolute atomic E-state index is 0.182. The van der Waals surface area contributed by atoms with Crippen LogP contribution in [0, 0.1) is 5.82 Å². The van der Waals surface area contributed by atoms with E-state index in [0.717, 1.165) is 37.7 Å². The molecule has 0 saturated heterocycles. The van der Waals surface area contributed by atoms with Gasteiger partial charge in [0.2, 0.25) is 15.6 Å². The van der Waals surface area contributed by atoms with Crippen LogP contribution in [0.1, 0.15) is 70.4 Å². The van der Waals surface area contributed by atoms with E-state index in [9.17, 15) is 22.7 Å². The second-order valence-electron chi connectivity index (χ2n) is 9.08. The summed E-state index contributed by atoms with van der Waals surface area (Å²) >= 11 is 0. The molecule has 2 aromatic rings. The number of carbonyl (C=O) groups is 1. The van der Waals surface area contributed by atoms with E-state index in [1.54, 1.807) is 25.1 Å². The number of carboxylic acid groups (broad SMARTS) is 1. The summed E-state index contributed by atoms with van der Waals surface area (Å²) in [6.07, 6.45) is 5.82. The summed E-state index contributed by atoms with van der Waals surface area (Å²) in [4.78, 5) is 11.6. The number of aliphatic carboxylic acids is 1. The standard InChI is InChI=1S/C27H38FNO5S/c1-4-6-7-8-9-18-29(35(32,33)21-23-13-15-24(28)16-14-23)19-17-22-11-10-12-25(20-22)34-27(3,5-2)26(30)31/h10-16,20H,4-9,17-19,21H2,1-3H3,(H,30,31)/t27-/m1/s1. The van der Waals surface area contributed by atoms with Crippen molar-refractivity contribution in [3.8, 4) is 5.75 Å². The summed E-state index contributed by atoms with van der Waals surface area (Å²) < 4.78 is 47.0. The molecule has 2 rings (SSSR count). The van der Waals surface area contributed by atoms with Crippen molar-refractivity contribution in [2.75, 3.05) is 13.1 Å². The van der Waals surface area contributed by atoms with Crippen molar-refractivity contribution >= 4 is 16.0 Å². The second-order valence-corrected chi connectivity index (χ2v) is 11.1. The maximum absolute atomic E-state index is 13.3. The molecular formula is C27H38FNO5S. The molecule has 0 bridgehead atoms. The lowest BCUT2D eigenvalue weighted by Gasteiger charge is -2.25. The molecule has 1 atom stereocenters. The average molecular weight is 508 g/mol. The Morgan fingerprint density at radius 2 is 1.69 bits per heavy atom. The van der Waals surface area contributed by atoms with Crippen LogP contribution in [0.2, 0.25) is 0 Å². The first-order valence-corrected chi connectivity index (χ1v) is 13.9. The fraction of sp³-hybridized carbons (Fsp3) is 0.519. The molecule has 6 nitrogen and oxygen atoms in total. The molecular weight excluding hydrogens is 469 g/mol. The molecule has 0 aromatic heterocycles. The average Bonchev–Trinajstić information content (AvgIpc) is 2.82. The van der Waals surface area contributed by atoms with Crippen LogP contribution < -0.4 is 4.74 Å². The molecule has 35 heavy (non-hydrogen) atoms. The first kappa shape index (κ1) is 28.8. The lowest BCUT2D eigenvalue weighted by molar-refractivity contribution is -0.154. The maximum Gasteiger partial charge on any atom is 0.347 e. The molecule has 0 radical (unpaired) electrons. The second kappa shape index (κ2) is 13.6. The minimum Gasteiger partial charge on any atom is -0.478 e. The molecule has 8 heteroatoms. The third-order valence-electron chi connectivity index (χ3n) is 6.19. The van der Waals surface area contributed by atoms with Gasteiger partial charge in [-0.2, -0.15) is 0 Å². The van der Waals surface area contributed by atoms with Gasteiger partial charge in [0.25, 0.3) is 0 Å². The van der Waals surface area contributed by atoms with Crippen LogP contribution in [0.3, 0.4) is 0 Å². The van der Waals surface area contributed by atoms with Crippen LogP contribution >= 0.6 is 0 Å². The van der Waals surface area contributed by atoms with Crippen LogP contribution in [0.4, 0.5) is 4.39 Å². The Kier molecular flexibility index (Phi) is 11.2.